The molecule has 5 rings (SSSR count). The summed E-state index contributed by atoms with van der Waals surface area (Å²) in [6.07, 6.45) is 1.41. The van der Waals surface area contributed by atoms with E-state index in [2.05, 4.69) is 15.0 Å². The SMILES string of the molecule is CCOC(=O)C1(C(=O)OCC)CC(Oc2ccc(-c3ccc(-c4nc5ccc(F)cc5[nH]4)c(F)c3)cn2)C1. The maximum atomic E-state index is 15.0. The number of ether oxygens (including phenoxy) is 3. The monoisotopic (exact) mass is 521 g/mol. The molecule has 196 valence electrons. The molecule has 0 spiro atoms. The fourth-order valence-corrected chi connectivity index (χ4v) is 4.54. The van der Waals surface area contributed by atoms with Crippen molar-refractivity contribution in [2.75, 3.05) is 13.2 Å². The van der Waals surface area contributed by atoms with E-state index in [-0.39, 0.29) is 31.6 Å². The van der Waals surface area contributed by atoms with Gasteiger partial charge < -0.3 is 19.2 Å². The minimum Gasteiger partial charge on any atom is -0.474 e. The summed E-state index contributed by atoms with van der Waals surface area (Å²) in [4.78, 5) is 36.4. The van der Waals surface area contributed by atoms with Crippen LogP contribution in [0.4, 0.5) is 8.78 Å². The van der Waals surface area contributed by atoms with Gasteiger partial charge in [0, 0.05) is 30.7 Å². The fourth-order valence-electron chi connectivity index (χ4n) is 4.54. The van der Waals surface area contributed by atoms with Gasteiger partial charge in [0.1, 0.15) is 23.6 Å². The van der Waals surface area contributed by atoms with Gasteiger partial charge in [0.2, 0.25) is 5.88 Å². The zero-order valence-corrected chi connectivity index (χ0v) is 20.8. The lowest BCUT2D eigenvalue weighted by Crippen LogP contribution is -2.55. The van der Waals surface area contributed by atoms with Gasteiger partial charge in [-0.15, -0.1) is 0 Å². The van der Waals surface area contributed by atoms with Gasteiger partial charge >= 0.3 is 11.9 Å². The van der Waals surface area contributed by atoms with Crippen molar-refractivity contribution >= 4 is 23.0 Å². The van der Waals surface area contributed by atoms with Crippen molar-refractivity contribution in [1.82, 2.24) is 15.0 Å². The summed E-state index contributed by atoms with van der Waals surface area (Å²) in [5, 5.41) is 0. The molecule has 0 unspecified atom stereocenters. The number of nitrogens with zero attached hydrogens (tertiary/aromatic N) is 2. The van der Waals surface area contributed by atoms with Crippen LogP contribution in [0.25, 0.3) is 33.5 Å². The second-order valence-corrected chi connectivity index (χ2v) is 9.00. The lowest BCUT2D eigenvalue weighted by molar-refractivity contribution is -0.186. The number of fused-ring (bicyclic) bond motifs is 1. The average Bonchev–Trinajstić information content (AvgIpc) is 3.29. The van der Waals surface area contributed by atoms with E-state index in [1.165, 1.54) is 24.3 Å². The molecule has 0 aliphatic heterocycles. The molecule has 1 fully saturated rings. The Balaban J connectivity index is 1.27. The summed E-state index contributed by atoms with van der Waals surface area (Å²) in [5.74, 6) is -1.50. The Morgan fingerprint density at radius 3 is 2.32 bits per heavy atom. The number of hydrogen-bond acceptors (Lipinski definition) is 7. The Kier molecular flexibility index (Phi) is 6.79. The van der Waals surface area contributed by atoms with Crippen molar-refractivity contribution in [3.05, 3.63) is 66.4 Å². The van der Waals surface area contributed by atoms with Gasteiger partial charge in [-0.1, -0.05) is 6.07 Å². The van der Waals surface area contributed by atoms with Crippen LogP contribution in [0.15, 0.2) is 54.7 Å². The van der Waals surface area contributed by atoms with E-state index in [9.17, 15) is 18.4 Å². The van der Waals surface area contributed by atoms with Gasteiger partial charge in [-0.05, 0) is 55.8 Å². The van der Waals surface area contributed by atoms with Crippen molar-refractivity contribution in [3.8, 4) is 28.4 Å². The van der Waals surface area contributed by atoms with E-state index >= 15 is 0 Å². The van der Waals surface area contributed by atoms with Crippen LogP contribution in [-0.2, 0) is 19.1 Å². The molecule has 0 saturated heterocycles. The second-order valence-electron chi connectivity index (χ2n) is 9.00. The molecule has 1 aliphatic carbocycles. The molecule has 1 N–H and O–H groups in total. The maximum Gasteiger partial charge on any atom is 0.323 e. The molecule has 0 bridgehead atoms. The number of esters is 2. The highest BCUT2D eigenvalue weighted by molar-refractivity contribution is 6.01. The number of halogens is 2. The van der Waals surface area contributed by atoms with Crippen LogP contribution in [0.3, 0.4) is 0 Å². The lowest BCUT2D eigenvalue weighted by Gasteiger charge is -2.42. The summed E-state index contributed by atoms with van der Waals surface area (Å²) >= 11 is 0. The van der Waals surface area contributed by atoms with Crippen LogP contribution in [0.2, 0.25) is 0 Å². The van der Waals surface area contributed by atoms with Gasteiger partial charge in [-0.2, -0.15) is 0 Å². The van der Waals surface area contributed by atoms with E-state index in [0.717, 1.165) is 0 Å². The Morgan fingerprint density at radius 2 is 1.68 bits per heavy atom. The van der Waals surface area contributed by atoms with Crippen molar-refractivity contribution in [2.24, 2.45) is 5.41 Å². The Bertz CT molecular complexity index is 1480. The van der Waals surface area contributed by atoms with Crippen LogP contribution in [0.1, 0.15) is 26.7 Å². The third kappa shape index (κ3) is 4.69. The molecule has 4 aromatic rings. The molecule has 0 amide bonds. The molecule has 1 saturated carbocycles. The van der Waals surface area contributed by atoms with Crippen molar-refractivity contribution in [2.45, 2.75) is 32.8 Å². The first-order valence-electron chi connectivity index (χ1n) is 12.3. The number of nitrogens with one attached hydrogen (secondary N) is 1. The number of aromatic amines is 1. The fraction of sp³-hybridized carbons (Fsp3) is 0.286. The van der Waals surface area contributed by atoms with Gasteiger partial charge in [-0.25, -0.2) is 18.7 Å². The molecule has 0 atom stereocenters. The lowest BCUT2D eigenvalue weighted by atomic mass is 9.66. The summed E-state index contributed by atoms with van der Waals surface area (Å²) in [5.41, 5.74) is 1.18. The zero-order chi connectivity index (χ0) is 26.9. The van der Waals surface area contributed by atoms with E-state index in [4.69, 9.17) is 14.2 Å². The predicted octanol–water partition coefficient (Wildman–Crippen LogP) is 5.22. The van der Waals surface area contributed by atoms with Gasteiger partial charge in [0.05, 0.1) is 29.8 Å². The van der Waals surface area contributed by atoms with E-state index in [0.29, 0.717) is 33.9 Å². The standard InChI is InChI=1S/C28H25F2N3O5/c1-3-36-26(34)28(27(35)37-4-2)13-19(14-28)38-24-10-6-17(15-31-24)16-5-8-20(21(30)11-16)25-32-22-9-7-18(29)12-23(22)33-25/h5-12,15,19H,3-4,13-14H2,1-2H3,(H,32,33). The second kappa shape index (κ2) is 10.2. The van der Waals surface area contributed by atoms with Gasteiger partial charge in [0.25, 0.3) is 0 Å². The van der Waals surface area contributed by atoms with Crippen LogP contribution < -0.4 is 4.74 Å². The number of H-pyrrole nitrogens is 1. The van der Waals surface area contributed by atoms with Gasteiger partial charge in [0.15, 0.2) is 5.41 Å². The molecule has 2 aromatic carbocycles. The highest BCUT2D eigenvalue weighted by Gasteiger charge is 2.59. The number of carbonyl (C=O) groups excluding carboxylic acids is 2. The number of imidazole rings is 1. The first kappa shape index (κ1) is 25.3. The highest BCUT2D eigenvalue weighted by Crippen LogP contribution is 2.45. The summed E-state index contributed by atoms with van der Waals surface area (Å²) in [7, 11) is 0. The van der Waals surface area contributed by atoms with Gasteiger partial charge in [-0.3, -0.25) is 9.59 Å². The summed E-state index contributed by atoms with van der Waals surface area (Å²) < 4.78 is 44.5. The average molecular weight is 522 g/mol. The highest BCUT2D eigenvalue weighted by atomic mass is 19.1. The number of rotatable bonds is 8. The smallest absolute Gasteiger partial charge is 0.323 e. The number of aromatic nitrogens is 3. The van der Waals surface area contributed by atoms with Crippen LogP contribution in [-0.4, -0.2) is 46.2 Å². The molecule has 1 aliphatic rings. The van der Waals surface area contributed by atoms with E-state index < -0.39 is 35.1 Å². The number of carbonyl (C=O) groups is 2. The number of pyridine rings is 1. The Hall–Kier alpha value is -4.34. The van der Waals surface area contributed by atoms with Crippen LogP contribution in [0.5, 0.6) is 5.88 Å². The molecule has 38 heavy (non-hydrogen) atoms. The number of hydrogen-bond donors (Lipinski definition) is 1. The minimum absolute atomic E-state index is 0.134. The molecule has 8 nitrogen and oxygen atoms in total. The normalized spacial score (nSPS) is 14.6. The molecule has 2 aromatic heterocycles. The largest absolute Gasteiger partial charge is 0.474 e. The van der Waals surface area contributed by atoms with Crippen molar-refractivity contribution in [3.63, 3.8) is 0 Å². The maximum absolute atomic E-state index is 15.0. The van der Waals surface area contributed by atoms with E-state index in [1.807, 2.05) is 0 Å². The minimum atomic E-state index is -1.36. The zero-order valence-electron chi connectivity index (χ0n) is 20.8. The molecular formula is C28H25F2N3O5. The number of benzene rings is 2. The van der Waals surface area contributed by atoms with Crippen LogP contribution in [0, 0.1) is 17.0 Å². The summed E-state index contributed by atoms with van der Waals surface area (Å²) in [6, 6.07) is 12.2. The summed E-state index contributed by atoms with van der Waals surface area (Å²) in [6.45, 7) is 3.67. The quantitative estimate of drug-likeness (QED) is 0.250. The first-order valence-corrected chi connectivity index (χ1v) is 12.3. The third-order valence-corrected chi connectivity index (χ3v) is 6.51. The molecule has 0 radical (unpaired) electrons. The Labute approximate surface area is 217 Å². The Morgan fingerprint density at radius 1 is 0.974 bits per heavy atom. The topological polar surface area (TPSA) is 103 Å². The third-order valence-electron chi connectivity index (χ3n) is 6.51. The van der Waals surface area contributed by atoms with Crippen LogP contribution >= 0.6 is 0 Å². The molecule has 10 heteroatoms. The predicted molar refractivity (Wildman–Crippen MR) is 134 cm³/mol. The van der Waals surface area contributed by atoms with Crippen molar-refractivity contribution in [1.29, 1.82) is 0 Å². The van der Waals surface area contributed by atoms with Crippen molar-refractivity contribution < 1.29 is 32.6 Å². The molecule has 2 heterocycles. The molecular weight excluding hydrogens is 496 g/mol. The first-order chi connectivity index (χ1) is 18.3. The van der Waals surface area contributed by atoms with E-state index in [1.54, 1.807) is 44.3 Å².